The molecule has 1 aliphatic heterocycles. The molecular formula is C11H18N4O. The van der Waals surface area contributed by atoms with Crippen LogP contribution >= 0.6 is 0 Å². The molecule has 16 heavy (non-hydrogen) atoms. The predicted molar refractivity (Wildman–Crippen MR) is 62.3 cm³/mol. The third-order valence-corrected chi connectivity index (χ3v) is 2.90. The van der Waals surface area contributed by atoms with Crippen molar-refractivity contribution in [1.29, 1.82) is 0 Å². The average Bonchev–Trinajstić information content (AvgIpc) is 2.87. The summed E-state index contributed by atoms with van der Waals surface area (Å²) in [5.41, 5.74) is 1.04. The molecule has 88 valence electrons. The summed E-state index contributed by atoms with van der Waals surface area (Å²) in [5, 5.41) is 13.0. The van der Waals surface area contributed by atoms with Crippen molar-refractivity contribution in [2.45, 2.75) is 26.2 Å². The Balaban J connectivity index is 1.95. The van der Waals surface area contributed by atoms with E-state index in [1.54, 1.807) is 0 Å². The summed E-state index contributed by atoms with van der Waals surface area (Å²) in [4.78, 5) is 11.8. The minimum atomic E-state index is 0.0619. The van der Waals surface area contributed by atoms with Crippen LogP contribution in [0.3, 0.4) is 0 Å². The molecule has 1 saturated heterocycles. The van der Waals surface area contributed by atoms with Gasteiger partial charge in [-0.2, -0.15) is 5.10 Å². The Hall–Kier alpha value is -1.36. The fourth-order valence-corrected chi connectivity index (χ4v) is 1.80. The number of aromatic amines is 1. The lowest BCUT2D eigenvalue weighted by Crippen LogP contribution is -2.24. The Morgan fingerprint density at radius 2 is 2.44 bits per heavy atom. The van der Waals surface area contributed by atoms with E-state index in [1.807, 2.05) is 6.07 Å². The molecule has 0 aliphatic carbocycles. The molecule has 5 heteroatoms. The van der Waals surface area contributed by atoms with Gasteiger partial charge in [0, 0.05) is 18.3 Å². The molecule has 1 aliphatic rings. The fourth-order valence-electron chi connectivity index (χ4n) is 1.80. The van der Waals surface area contributed by atoms with Gasteiger partial charge in [-0.3, -0.25) is 9.89 Å². The second kappa shape index (κ2) is 4.65. The molecule has 0 bridgehead atoms. The van der Waals surface area contributed by atoms with Gasteiger partial charge in [-0.1, -0.05) is 13.8 Å². The highest BCUT2D eigenvalue weighted by Crippen LogP contribution is 2.16. The largest absolute Gasteiger partial charge is 0.316 e. The van der Waals surface area contributed by atoms with Crippen molar-refractivity contribution >= 4 is 11.7 Å². The first kappa shape index (κ1) is 11.1. The molecule has 1 atom stereocenters. The summed E-state index contributed by atoms with van der Waals surface area (Å²) in [5.74, 6) is 1.16. The van der Waals surface area contributed by atoms with Gasteiger partial charge in [0.25, 0.3) is 0 Å². The Morgan fingerprint density at radius 1 is 1.62 bits per heavy atom. The van der Waals surface area contributed by atoms with Crippen LogP contribution in [-0.4, -0.2) is 29.2 Å². The molecule has 2 rings (SSSR count). The number of carbonyl (C=O) groups is 1. The van der Waals surface area contributed by atoms with Crippen LogP contribution in [0.15, 0.2) is 6.07 Å². The zero-order valence-electron chi connectivity index (χ0n) is 9.71. The van der Waals surface area contributed by atoms with Crippen molar-refractivity contribution in [3.63, 3.8) is 0 Å². The summed E-state index contributed by atoms with van der Waals surface area (Å²) in [7, 11) is 0. The van der Waals surface area contributed by atoms with Crippen LogP contribution in [-0.2, 0) is 4.79 Å². The van der Waals surface area contributed by atoms with Gasteiger partial charge in [-0.15, -0.1) is 0 Å². The van der Waals surface area contributed by atoms with Crippen molar-refractivity contribution in [1.82, 2.24) is 15.5 Å². The van der Waals surface area contributed by atoms with E-state index in [-0.39, 0.29) is 11.8 Å². The van der Waals surface area contributed by atoms with Crippen LogP contribution in [0.5, 0.6) is 0 Å². The summed E-state index contributed by atoms with van der Waals surface area (Å²) in [6, 6.07) is 1.89. The van der Waals surface area contributed by atoms with Crippen LogP contribution in [0.4, 0.5) is 5.82 Å². The molecular weight excluding hydrogens is 204 g/mol. The molecule has 2 heterocycles. The van der Waals surface area contributed by atoms with E-state index in [4.69, 9.17) is 0 Å². The Bertz CT molecular complexity index is 366. The number of H-pyrrole nitrogens is 1. The van der Waals surface area contributed by atoms with E-state index in [2.05, 4.69) is 34.7 Å². The quantitative estimate of drug-likeness (QED) is 0.716. The molecule has 0 spiro atoms. The second-order valence-electron chi connectivity index (χ2n) is 4.54. The maximum absolute atomic E-state index is 11.8. The van der Waals surface area contributed by atoms with E-state index in [9.17, 15) is 4.79 Å². The van der Waals surface area contributed by atoms with Crippen LogP contribution in [0.25, 0.3) is 0 Å². The number of nitrogens with zero attached hydrogens (tertiary/aromatic N) is 1. The van der Waals surface area contributed by atoms with Gasteiger partial charge in [0.2, 0.25) is 5.91 Å². The number of hydrogen-bond donors (Lipinski definition) is 3. The van der Waals surface area contributed by atoms with Crippen molar-refractivity contribution in [3.8, 4) is 0 Å². The third-order valence-electron chi connectivity index (χ3n) is 2.90. The number of nitrogens with one attached hydrogen (secondary N) is 3. The van der Waals surface area contributed by atoms with Crippen molar-refractivity contribution in [3.05, 3.63) is 11.8 Å². The lowest BCUT2D eigenvalue weighted by Gasteiger charge is -2.06. The molecule has 3 N–H and O–H groups in total. The molecule has 1 amide bonds. The predicted octanol–water partition coefficient (Wildman–Crippen LogP) is 1.08. The number of amides is 1. The Labute approximate surface area is 95.0 Å². The first-order valence-electron chi connectivity index (χ1n) is 5.73. The first-order chi connectivity index (χ1) is 7.66. The van der Waals surface area contributed by atoms with Crippen LogP contribution in [0.1, 0.15) is 31.9 Å². The third kappa shape index (κ3) is 2.41. The lowest BCUT2D eigenvalue weighted by atomic mass is 10.1. The molecule has 1 unspecified atom stereocenters. The molecule has 1 fully saturated rings. The van der Waals surface area contributed by atoms with Gasteiger partial charge >= 0.3 is 0 Å². The lowest BCUT2D eigenvalue weighted by molar-refractivity contribution is -0.119. The average molecular weight is 222 g/mol. The smallest absolute Gasteiger partial charge is 0.230 e. The number of hydrogen-bond acceptors (Lipinski definition) is 3. The Morgan fingerprint density at radius 3 is 3.00 bits per heavy atom. The number of aromatic nitrogens is 2. The van der Waals surface area contributed by atoms with E-state index < -0.39 is 0 Å². The topological polar surface area (TPSA) is 69.8 Å². The maximum Gasteiger partial charge on any atom is 0.230 e. The van der Waals surface area contributed by atoms with Gasteiger partial charge in [0.15, 0.2) is 5.82 Å². The minimum Gasteiger partial charge on any atom is -0.316 e. The normalized spacial score (nSPS) is 20.3. The molecule has 0 aromatic carbocycles. The monoisotopic (exact) mass is 222 g/mol. The van der Waals surface area contributed by atoms with E-state index >= 15 is 0 Å². The summed E-state index contributed by atoms with van der Waals surface area (Å²) in [6.07, 6.45) is 0.910. The summed E-state index contributed by atoms with van der Waals surface area (Å²) >= 11 is 0. The zero-order chi connectivity index (χ0) is 11.5. The molecule has 0 radical (unpaired) electrons. The molecule has 1 aromatic rings. The molecule has 5 nitrogen and oxygen atoms in total. The van der Waals surface area contributed by atoms with Gasteiger partial charge in [-0.25, -0.2) is 0 Å². The molecule has 0 saturated carbocycles. The van der Waals surface area contributed by atoms with Crippen LogP contribution in [0.2, 0.25) is 0 Å². The molecule has 1 aromatic heterocycles. The Kier molecular flexibility index (Phi) is 3.24. The number of rotatable bonds is 3. The van der Waals surface area contributed by atoms with Crippen LogP contribution in [0, 0.1) is 5.92 Å². The van der Waals surface area contributed by atoms with Gasteiger partial charge in [0.1, 0.15) is 0 Å². The number of carbonyl (C=O) groups excluding carboxylic acids is 1. The standard InChI is InChI=1S/C11H18N4O/c1-7(2)9-5-10(15-14-9)13-11(16)8-3-4-12-6-8/h5,7-8,12H,3-4,6H2,1-2H3,(H2,13,14,15,16). The fraction of sp³-hybridized carbons (Fsp3) is 0.636. The minimum absolute atomic E-state index is 0.0619. The first-order valence-corrected chi connectivity index (χ1v) is 5.73. The highest BCUT2D eigenvalue weighted by Gasteiger charge is 2.22. The highest BCUT2D eigenvalue weighted by atomic mass is 16.2. The van der Waals surface area contributed by atoms with E-state index in [0.717, 1.165) is 25.2 Å². The van der Waals surface area contributed by atoms with Gasteiger partial charge in [0.05, 0.1) is 5.92 Å². The van der Waals surface area contributed by atoms with Crippen molar-refractivity contribution < 1.29 is 4.79 Å². The summed E-state index contributed by atoms with van der Waals surface area (Å²) in [6.45, 7) is 5.86. The van der Waals surface area contributed by atoms with E-state index in [1.165, 1.54) is 0 Å². The second-order valence-corrected chi connectivity index (χ2v) is 4.54. The maximum atomic E-state index is 11.8. The number of anilines is 1. The zero-order valence-corrected chi connectivity index (χ0v) is 9.71. The van der Waals surface area contributed by atoms with Gasteiger partial charge < -0.3 is 10.6 Å². The van der Waals surface area contributed by atoms with E-state index in [0.29, 0.717) is 11.7 Å². The van der Waals surface area contributed by atoms with Crippen LogP contribution < -0.4 is 10.6 Å². The van der Waals surface area contributed by atoms with Crippen molar-refractivity contribution in [2.24, 2.45) is 5.92 Å². The van der Waals surface area contributed by atoms with Gasteiger partial charge in [-0.05, 0) is 18.9 Å². The highest BCUT2D eigenvalue weighted by molar-refractivity contribution is 5.92. The SMILES string of the molecule is CC(C)c1cc(NC(=O)C2CCNC2)n[nH]1. The summed E-state index contributed by atoms with van der Waals surface area (Å²) < 4.78 is 0. The van der Waals surface area contributed by atoms with Crippen molar-refractivity contribution in [2.75, 3.05) is 18.4 Å².